The van der Waals surface area contributed by atoms with Gasteiger partial charge in [0.25, 0.3) is 0 Å². The van der Waals surface area contributed by atoms with Crippen LogP contribution in [0, 0.1) is 11.3 Å². The third-order valence-electron chi connectivity index (χ3n) is 3.17. The predicted molar refractivity (Wildman–Crippen MR) is 62.5 cm³/mol. The molecule has 0 saturated heterocycles. The molecule has 0 spiro atoms. The maximum absolute atomic E-state index is 11.7. The molecule has 0 bridgehead atoms. The van der Waals surface area contributed by atoms with Crippen LogP contribution in [0.15, 0.2) is 0 Å². The van der Waals surface area contributed by atoms with Gasteiger partial charge in [-0.15, -0.1) is 0 Å². The van der Waals surface area contributed by atoms with Crippen molar-refractivity contribution in [3.05, 3.63) is 0 Å². The van der Waals surface area contributed by atoms with Crippen molar-refractivity contribution in [2.75, 3.05) is 0 Å². The van der Waals surface area contributed by atoms with Crippen molar-refractivity contribution in [1.82, 2.24) is 5.32 Å². The van der Waals surface area contributed by atoms with Crippen LogP contribution in [0.25, 0.3) is 0 Å². The Labute approximate surface area is 97.2 Å². The second kappa shape index (κ2) is 5.86. The van der Waals surface area contributed by atoms with Crippen molar-refractivity contribution >= 4 is 5.91 Å². The van der Waals surface area contributed by atoms with Crippen molar-refractivity contribution in [2.45, 2.75) is 63.5 Å². The largest absolute Gasteiger partial charge is 0.353 e. The topological polar surface area (TPSA) is 78.9 Å². The van der Waals surface area contributed by atoms with Gasteiger partial charge in [-0.05, 0) is 19.8 Å². The first-order chi connectivity index (χ1) is 7.56. The van der Waals surface area contributed by atoms with Gasteiger partial charge in [0, 0.05) is 18.0 Å². The van der Waals surface area contributed by atoms with Gasteiger partial charge in [0.2, 0.25) is 5.91 Å². The highest BCUT2D eigenvalue weighted by Crippen LogP contribution is 2.28. The van der Waals surface area contributed by atoms with Gasteiger partial charge in [0.1, 0.15) is 0 Å². The number of carbonyl (C=O) groups is 1. The molecule has 1 amide bonds. The van der Waals surface area contributed by atoms with Crippen LogP contribution in [0.2, 0.25) is 0 Å². The van der Waals surface area contributed by atoms with Crippen LogP contribution < -0.4 is 11.1 Å². The fourth-order valence-electron chi connectivity index (χ4n) is 2.27. The van der Waals surface area contributed by atoms with E-state index >= 15 is 0 Å². The van der Waals surface area contributed by atoms with Gasteiger partial charge >= 0.3 is 0 Å². The molecule has 1 aliphatic carbocycles. The van der Waals surface area contributed by atoms with Crippen molar-refractivity contribution < 1.29 is 4.79 Å². The Morgan fingerprint density at radius 2 is 2.12 bits per heavy atom. The van der Waals surface area contributed by atoms with Crippen LogP contribution in [0.3, 0.4) is 0 Å². The normalized spacial score (nSPS) is 20.8. The first-order valence-electron chi connectivity index (χ1n) is 6.01. The molecular formula is C12H21N3O. The molecule has 90 valence electrons. The molecule has 1 aliphatic rings. The first kappa shape index (κ1) is 13.0. The Morgan fingerprint density at radius 1 is 1.50 bits per heavy atom. The van der Waals surface area contributed by atoms with E-state index in [1.165, 1.54) is 6.42 Å². The number of carbonyl (C=O) groups excluding carboxylic acids is 1. The monoisotopic (exact) mass is 223 g/mol. The van der Waals surface area contributed by atoms with Crippen molar-refractivity contribution in [3.63, 3.8) is 0 Å². The maximum atomic E-state index is 11.7. The number of nitrogens with one attached hydrogen (secondary N) is 1. The minimum atomic E-state index is -0.311. The van der Waals surface area contributed by atoms with Crippen molar-refractivity contribution in [2.24, 2.45) is 5.73 Å². The lowest BCUT2D eigenvalue weighted by molar-refractivity contribution is -0.123. The van der Waals surface area contributed by atoms with Crippen LogP contribution in [0.4, 0.5) is 0 Å². The van der Waals surface area contributed by atoms with Gasteiger partial charge in [-0.2, -0.15) is 5.26 Å². The second-order valence-corrected chi connectivity index (χ2v) is 4.93. The van der Waals surface area contributed by atoms with Gasteiger partial charge in [0.15, 0.2) is 0 Å². The van der Waals surface area contributed by atoms with Crippen LogP contribution in [-0.4, -0.2) is 17.5 Å². The quantitative estimate of drug-likeness (QED) is 0.757. The zero-order chi connectivity index (χ0) is 12.0. The number of nitrogens with zero attached hydrogens (tertiary/aromatic N) is 1. The van der Waals surface area contributed by atoms with Gasteiger partial charge in [-0.3, -0.25) is 4.79 Å². The molecule has 1 fully saturated rings. The summed E-state index contributed by atoms with van der Waals surface area (Å²) in [6.45, 7) is 1.84. The highest BCUT2D eigenvalue weighted by Gasteiger charge is 2.30. The van der Waals surface area contributed by atoms with Gasteiger partial charge < -0.3 is 11.1 Å². The van der Waals surface area contributed by atoms with E-state index in [0.717, 1.165) is 25.7 Å². The molecule has 1 unspecified atom stereocenters. The van der Waals surface area contributed by atoms with Crippen LogP contribution in [0.5, 0.6) is 0 Å². The summed E-state index contributed by atoms with van der Waals surface area (Å²) >= 11 is 0. The number of nitriles is 1. The first-order valence-corrected chi connectivity index (χ1v) is 6.01. The zero-order valence-corrected chi connectivity index (χ0v) is 9.96. The van der Waals surface area contributed by atoms with E-state index in [9.17, 15) is 4.79 Å². The molecule has 1 saturated carbocycles. The molecule has 4 heteroatoms. The average molecular weight is 223 g/mol. The SMILES string of the molecule is CC(CC#N)NC(=O)CC1(N)CCCCC1. The summed E-state index contributed by atoms with van der Waals surface area (Å²) in [5.41, 5.74) is 5.87. The Hall–Kier alpha value is -1.08. The average Bonchev–Trinajstić information content (AvgIpc) is 2.17. The molecular weight excluding hydrogens is 202 g/mol. The van der Waals surface area contributed by atoms with E-state index in [1.54, 1.807) is 0 Å². The van der Waals surface area contributed by atoms with Crippen molar-refractivity contribution in [3.8, 4) is 6.07 Å². The van der Waals surface area contributed by atoms with Gasteiger partial charge in [-0.1, -0.05) is 19.3 Å². The van der Waals surface area contributed by atoms with E-state index in [1.807, 2.05) is 13.0 Å². The van der Waals surface area contributed by atoms with E-state index in [4.69, 9.17) is 11.0 Å². The smallest absolute Gasteiger partial charge is 0.222 e. The van der Waals surface area contributed by atoms with Crippen molar-refractivity contribution in [1.29, 1.82) is 5.26 Å². The summed E-state index contributed by atoms with van der Waals surface area (Å²) in [4.78, 5) is 11.7. The zero-order valence-electron chi connectivity index (χ0n) is 9.96. The van der Waals surface area contributed by atoms with E-state index in [-0.39, 0.29) is 17.5 Å². The molecule has 1 atom stereocenters. The summed E-state index contributed by atoms with van der Waals surface area (Å²) in [5, 5.41) is 11.3. The van der Waals surface area contributed by atoms with E-state index < -0.39 is 0 Å². The standard InChI is InChI=1S/C12H21N3O/c1-10(5-8-13)15-11(16)9-12(14)6-3-2-4-7-12/h10H,2-7,9,14H2,1H3,(H,15,16). The number of hydrogen-bond donors (Lipinski definition) is 2. The minimum Gasteiger partial charge on any atom is -0.353 e. The van der Waals surface area contributed by atoms with Crippen LogP contribution in [-0.2, 0) is 4.79 Å². The summed E-state index contributed by atoms with van der Waals surface area (Å²) < 4.78 is 0. The molecule has 0 heterocycles. The lowest BCUT2D eigenvalue weighted by Crippen LogP contribution is -2.47. The van der Waals surface area contributed by atoms with Gasteiger partial charge in [-0.25, -0.2) is 0 Å². The molecule has 0 aromatic heterocycles. The Bertz CT molecular complexity index is 276. The number of rotatable bonds is 4. The summed E-state index contributed by atoms with van der Waals surface area (Å²) in [7, 11) is 0. The summed E-state index contributed by atoms with van der Waals surface area (Å²) in [6.07, 6.45) is 6.09. The lowest BCUT2D eigenvalue weighted by Gasteiger charge is -2.33. The molecule has 16 heavy (non-hydrogen) atoms. The van der Waals surface area contributed by atoms with Crippen LogP contribution >= 0.6 is 0 Å². The highest BCUT2D eigenvalue weighted by molar-refractivity contribution is 5.77. The Morgan fingerprint density at radius 3 is 2.69 bits per heavy atom. The number of nitrogens with two attached hydrogens (primary N) is 1. The minimum absolute atomic E-state index is 0.0212. The summed E-state index contributed by atoms with van der Waals surface area (Å²) in [5.74, 6) is -0.0212. The fraction of sp³-hybridized carbons (Fsp3) is 0.833. The molecule has 0 aromatic rings. The highest BCUT2D eigenvalue weighted by atomic mass is 16.1. The maximum Gasteiger partial charge on any atom is 0.222 e. The van der Waals surface area contributed by atoms with Crippen LogP contribution in [0.1, 0.15) is 51.9 Å². The van der Waals surface area contributed by atoms with E-state index in [2.05, 4.69) is 5.32 Å². The molecule has 0 aliphatic heterocycles. The molecule has 0 radical (unpaired) electrons. The number of amides is 1. The Balaban J connectivity index is 2.35. The molecule has 3 N–H and O–H groups in total. The Kier molecular flexibility index (Phi) is 4.75. The molecule has 4 nitrogen and oxygen atoms in total. The predicted octanol–water partition coefficient (Wildman–Crippen LogP) is 1.46. The summed E-state index contributed by atoms with van der Waals surface area (Å²) in [6, 6.07) is 1.96. The third kappa shape index (κ3) is 4.19. The van der Waals surface area contributed by atoms with Gasteiger partial charge in [0.05, 0.1) is 12.5 Å². The third-order valence-corrected chi connectivity index (χ3v) is 3.17. The second-order valence-electron chi connectivity index (χ2n) is 4.93. The molecule has 1 rings (SSSR count). The lowest BCUT2D eigenvalue weighted by atomic mass is 9.80. The number of hydrogen-bond acceptors (Lipinski definition) is 3. The van der Waals surface area contributed by atoms with E-state index in [0.29, 0.717) is 12.8 Å². The fourth-order valence-corrected chi connectivity index (χ4v) is 2.27. The molecule has 0 aromatic carbocycles.